The van der Waals surface area contributed by atoms with Crippen LogP contribution in [0.15, 0.2) is 4.99 Å². The van der Waals surface area contributed by atoms with Crippen LogP contribution in [0.2, 0.25) is 0 Å². The molecule has 1 saturated carbocycles. The average molecular weight is 211 g/mol. The molecule has 0 amide bonds. The first kappa shape index (κ1) is 12.3. The lowest BCUT2D eigenvalue weighted by molar-refractivity contribution is 0.501. The number of guanidine groups is 1. The van der Waals surface area contributed by atoms with E-state index in [1.165, 1.54) is 38.5 Å². The Morgan fingerprint density at radius 2 is 1.67 bits per heavy atom. The number of rotatable bonds is 1. The van der Waals surface area contributed by atoms with Gasteiger partial charge in [0.2, 0.25) is 0 Å². The molecule has 0 bridgehead atoms. The van der Waals surface area contributed by atoms with E-state index in [9.17, 15) is 0 Å². The molecule has 0 heterocycles. The van der Waals surface area contributed by atoms with Crippen LogP contribution in [0, 0.1) is 0 Å². The zero-order chi connectivity index (χ0) is 11.3. The van der Waals surface area contributed by atoms with E-state index in [-0.39, 0.29) is 5.54 Å². The number of hydrogen-bond donors (Lipinski definition) is 2. The van der Waals surface area contributed by atoms with Gasteiger partial charge in [-0.1, -0.05) is 25.7 Å². The summed E-state index contributed by atoms with van der Waals surface area (Å²) in [4.78, 5) is 4.56. The van der Waals surface area contributed by atoms with Gasteiger partial charge in [-0.25, -0.2) is 0 Å². The molecule has 0 radical (unpaired) electrons. The Bertz CT molecular complexity index is 207. The lowest BCUT2D eigenvalue weighted by atomic mass is 10.1. The highest BCUT2D eigenvalue weighted by atomic mass is 15.1. The molecule has 3 nitrogen and oxygen atoms in total. The normalized spacial score (nSPS) is 21.1. The molecular weight excluding hydrogens is 186 g/mol. The molecule has 0 aromatic carbocycles. The zero-order valence-electron chi connectivity index (χ0n) is 10.3. The summed E-state index contributed by atoms with van der Waals surface area (Å²) in [5.74, 6) is 0.606. The molecule has 0 saturated heterocycles. The quantitative estimate of drug-likeness (QED) is 0.397. The molecule has 0 unspecified atom stereocenters. The second-order valence-electron chi connectivity index (χ2n) is 5.53. The topological polar surface area (TPSA) is 50.4 Å². The van der Waals surface area contributed by atoms with Gasteiger partial charge in [-0.2, -0.15) is 0 Å². The Morgan fingerprint density at radius 1 is 1.13 bits per heavy atom. The summed E-state index contributed by atoms with van der Waals surface area (Å²) in [5.41, 5.74) is 5.89. The van der Waals surface area contributed by atoms with Crippen LogP contribution in [0.1, 0.15) is 59.3 Å². The number of hydrogen-bond acceptors (Lipinski definition) is 1. The zero-order valence-corrected chi connectivity index (χ0v) is 10.3. The SMILES string of the molecule is CC(C)(C)NC(N)=NC1CCCCCC1. The molecule has 15 heavy (non-hydrogen) atoms. The molecule has 1 fully saturated rings. The number of nitrogens with zero attached hydrogens (tertiary/aromatic N) is 1. The summed E-state index contributed by atoms with van der Waals surface area (Å²) < 4.78 is 0. The molecule has 0 aromatic rings. The average Bonchev–Trinajstić information content (AvgIpc) is 2.28. The van der Waals surface area contributed by atoms with Crippen molar-refractivity contribution >= 4 is 5.96 Å². The van der Waals surface area contributed by atoms with Crippen LogP contribution in [0.4, 0.5) is 0 Å². The molecule has 0 spiro atoms. The molecule has 3 heteroatoms. The third-order valence-corrected chi connectivity index (χ3v) is 2.65. The Hall–Kier alpha value is -0.730. The third-order valence-electron chi connectivity index (χ3n) is 2.65. The second kappa shape index (κ2) is 5.38. The molecule has 88 valence electrons. The van der Waals surface area contributed by atoms with Gasteiger partial charge >= 0.3 is 0 Å². The fourth-order valence-corrected chi connectivity index (χ4v) is 2.00. The maximum absolute atomic E-state index is 5.88. The largest absolute Gasteiger partial charge is 0.370 e. The predicted molar refractivity (Wildman–Crippen MR) is 66.0 cm³/mol. The van der Waals surface area contributed by atoms with E-state index in [0.29, 0.717) is 12.0 Å². The fourth-order valence-electron chi connectivity index (χ4n) is 2.00. The summed E-state index contributed by atoms with van der Waals surface area (Å²) in [6.45, 7) is 6.30. The van der Waals surface area contributed by atoms with E-state index in [0.717, 1.165) is 0 Å². The van der Waals surface area contributed by atoms with Crippen molar-refractivity contribution in [2.24, 2.45) is 10.7 Å². The summed E-state index contributed by atoms with van der Waals surface area (Å²) in [7, 11) is 0. The van der Waals surface area contributed by atoms with Crippen molar-refractivity contribution in [2.45, 2.75) is 70.9 Å². The van der Waals surface area contributed by atoms with Gasteiger partial charge in [-0.15, -0.1) is 0 Å². The highest BCUT2D eigenvalue weighted by Gasteiger charge is 2.14. The lowest BCUT2D eigenvalue weighted by Crippen LogP contribution is -2.45. The monoisotopic (exact) mass is 211 g/mol. The molecule has 3 N–H and O–H groups in total. The van der Waals surface area contributed by atoms with E-state index < -0.39 is 0 Å². The highest BCUT2D eigenvalue weighted by Crippen LogP contribution is 2.19. The fraction of sp³-hybridized carbons (Fsp3) is 0.917. The van der Waals surface area contributed by atoms with Crippen molar-refractivity contribution in [3.63, 3.8) is 0 Å². The van der Waals surface area contributed by atoms with Crippen molar-refractivity contribution in [1.82, 2.24) is 5.32 Å². The van der Waals surface area contributed by atoms with Crippen molar-refractivity contribution < 1.29 is 0 Å². The predicted octanol–water partition coefficient (Wildman–Crippen LogP) is 2.41. The van der Waals surface area contributed by atoms with Gasteiger partial charge in [0.05, 0.1) is 6.04 Å². The minimum Gasteiger partial charge on any atom is -0.370 e. The standard InChI is InChI=1S/C12H25N3/c1-12(2,3)15-11(13)14-10-8-6-4-5-7-9-10/h10H,4-9H2,1-3H3,(H3,13,14,15). The van der Waals surface area contributed by atoms with Gasteiger partial charge in [0.1, 0.15) is 0 Å². The molecule has 0 atom stereocenters. The van der Waals surface area contributed by atoms with Crippen LogP contribution in [0.5, 0.6) is 0 Å². The van der Waals surface area contributed by atoms with Crippen LogP contribution in [-0.2, 0) is 0 Å². The third kappa shape index (κ3) is 5.65. The smallest absolute Gasteiger partial charge is 0.189 e. The van der Waals surface area contributed by atoms with E-state index in [2.05, 4.69) is 31.1 Å². The molecule has 0 aromatic heterocycles. The minimum absolute atomic E-state index is 0.0122. The first-order chi connectivity index (χ1) is 6.97. The Labute approximate surface area is 93.5 Å². The summed E-state index contributed by atoms with van der Waals surface area (Å²) in [5, 5.41) is 3.21. The van der Waals surface area contributed by atoms with Crippen molar-refractivity contribution in [3.05, 3.63) is 0 Å². The Kier molecular flexibility index (Phi) is 4.43. The summed E-state index contributed by atoms with van der Waals surface area (Å²) in [6.07, 6.45) is 7.73. The molecule has 1 rings (SSSR count). The van der Waals surface area contributed by atoms with Gasteiger partial charge in [0.25, 0.3) is 0 Å². The van der Waals surface area contributed by atoms with Gasteiger partial charge in [-0.3, -0.25) is 4.99 Å². The first-order valence-corrected chi connectivity index (χ1v) is 6.09. The van der Waals surface area contributed by atoms with Crippen molar-refractivity contribution in [2.75, 3.05) is 0 Å². The van der Waals surface area contributed by atoms with Crippen LogP contribution >= 0.6 is 0 Å². The van der Waals surface area contributed by atoms with Crippen LogP contribution in [0.25, 0.3) is 0 Å². The molecule has 1 aliphatic rings. The lowest BCUT2D eigenvalue weighted by Gasteiger charge is -2.22. The summed E-state index contributed by atoms with van der Waals surface area (Å²) in [6, 6.07) is 0.447. The number of nitrogens with one attached hydrogen (secondary N) is 1. The number of nitrogens with two attached hydrogens (primary N) is 1. The maximum atomic E-state index is 5.88. The van der Waals surface area contributed by atoms with Gasteiger partial charge in [-0.05, 0) is 33.6 Å². The van der Waals surface area contributed by atoms with E-state index in [4.69, 9.17) is 5.73 Å². The van der Waals surface area contributed by atoms with Gasteiger partial charge in [0.15, 0.2) is 5.96 Å². The Balaban J connectivity index is 2.45. The van der Waals surface area contributed by atoms with Crippen LogP contribution < -0.4 is 11.1 Å². The van der Waals surface area contributed by atoms with Crippen molar-refractivity contribution in [3.8, 4) is 0 Å². The van der Waals surface area contributed by atoms with Gasteiger partial charge in [0, 0.05) is 5.54 Å². The van der Waals surface area contributed by atoms with E-state index in [1.54, 1.807) is 0 Å². The second-order valence-corrected chi connectivity index (χ2v) is 5.53. The maximum Gasteiger partial charge on any atom is 0.189 e. The molecular formula is C12H25N3. The molecule has 0 aliphatic heterocycles. The van der Waals surface area contributed by atoms with Gasteiger partial charge < -0.3 is 11.1 Å². The Morgan fingerprint density at radius 3 is 2.13 bits per heavy atom. The van der Waals surface area contributed by atoms with Crippen LogP contribution in [-0.4, -0.2) is 17.5 Å². The van der Waals surface area contributed by atoms with Crippen molar-refractivity contribution in [1.29, 1.82) is 0 Å². The van der Waals surface area contributed by atoms with E-state index in [1.807, 2.05) is 0 Å². The van der Waals surface area contributed by atoms with Crippen LogP contribution in [0.3, 0.4) is 0 Å². The van der Waals surface area contributed by atoms with E-state index >= 15 is 0 Å². The first-order valence-electron chi connectivity index (χ1n) is 6.09. The minimum atomic E-state index is 0.0122. The summed E-state index contributed by atoms with van der Waals surface area (Å²) >= 11 is 0. The number of aliphatic imine (C=N–C) groups is 1. The molecule has 1 aliphatic carbocycles. The highest BCUT2D eigenvalue weighted by molar-refractivity contribution is 5.78.